The molecule has 0 radical (unpaired) electrons. The molecule has 0 unspecified atom stereocenters. The maximum absolute atomic E-state index is 12.7. The van der Waals surface area contributed by atoms with Gasteiger partial charge < -0.3 is 11.1 Å². The Hall–Kier alpha value is -1.81. The van der Waals surface area contributed by atoms with Crippen LogP contribution >= 0.6 is 0 Å². The van der Waals surface area contributed by atoms with Crippen LogP contribution < -0.4 is 11.1 Å². The van der Waals surface area contributed by atoms with Gasteiger partial charge in [-0.15, -0.1) is 0 Å². The Labute approximate surface area is 137 Å². The van der Waals surface area contributed by atoms with Crippen molar-refractivity contribution in [3.8, 4) is 0 Å². The van der Waals surface area contributed by atoms with Crippen LogP contribution in [0.25, 0.3) is 0 Å². The lowest BCUT2D eigenvalue weighted by molar-refractivity contribution is -0.137. The number of nitrogens with one attached hydrogen (secondary N) is 1. The van der Waals surface area contributed by atoms with Gasteiger partial charge in [-0.1, -0.05) is 0 Å². The van der Waals surface area contributed by atoms with Gasteiger partial charge in [-0.25, -0.2) is 8.42 Å². The van der Waals surface area contributed by atoms with Crippen LogP contribution in [0.5, 0.6) is 0 Å². The number of sulfone groups is 1. The minimum atomic E-state index is -4.58. The predicted molar refractivity (Wildman–Crippen MR) is 83.3 cm³/mol. The molecule has 1 aromatic carbocycles. The Morgan fingerprint density at radius 2 is 1.83 bits per heavy atom. The highest BCUT2D eigenvalue weighted by Gasteiger charge is 2.31. The molecule has 3 N–H and O–H groups in total. The first-order valence-corrected chi connectivity index (χ1v) is 9.08. The molecular weight excluding hydrogens is 347 g/mol. The summed E-state index contributed by atoms with van der Waals surface area (Å²) in [5.41, 5.74) is 4.14. The highest BCUT2D eigenvalue weighted by atomic mass is 32.2. The topological polar surface area (TPSA) is 92.5 Å². The quantitative estimate of drug-likeness (QED) is 0.768. The number of anilines is 1. The Morgan fingerprint density at radius 1 is 1.21 bits per heavy atom. The van der Waals surface area contributed by atoms with E-state index < -0.39 is 27.5 Å². The van der Waals surface area contributed by atoms with Gasteiger partial charge >= 0.3 is 6.18 Å². The number of benzene rings is 1. The van der Waals surface area contributed by atoms with E-state index in [0.717, 1.165) is 12.1 Å². The zero-order valence-electron chi connectivity index (χ0n) is 12.8. The van der Waals surface area contributed by atoms with Crippen molar-refractivity contribution in [3.63, 3.8) is 0 Å². The van der Waals surface area contributed by atoms with Crippen LogP contribution in [-0.4, -0.2) is 56.9 Å². The third-order valence-corrected chi connectivity index (χ3v) is 5.30. The monoisotopic (exact) mass is 365 g/mol. The molecule has 0 spiro atoms. The summed E-state index contributed by atoms with van der Waals surface area (Å²) in [6, 6.07) is 2.70. The second-order valence-electron chi connectivity index (χ2n) is 5.59. The van der Waals surface area contributed by atoms with E-state index in [1.54, 1.807) is 0 Å². The number of rotatable bonds is 4. The smallest absolute Gasteiger partial charge is 0.399 e. The van der Waals surface area contributed by atoms with Gasteiger partial charge in [0.2, 0.25) is 0 Å². The van der Waals surface area contributed by atoms with Crippen LogP contribution in [-0.2, 0) is 16.0 Å². The zero-order valence-corrected chi connectivity index (χ0v) is 13.6. The SMILES string of the molecule is Nc1cc(C(=O)NCCN2CCS(=O)(=O)CC2)cc(C(F)(F)F)c1. The normalized spacial score (nSPS) is 18.3. The Bertz CT molecular complexity index is 706. The predicted octanol–water partition coefficient (Wildman–Crippen LogP) is 0.748. The second-order valence-corrected chi connectivity index (χ2v) is 7.89. The van der Waals surface area contributed by atoms with Gasteiger partial charge in [0.1, 0.15) is 0 Å². The molecule has 1 amide bonds. The van der Waals surface area contributed by atoms with E-state index in [1.165, 1.54) is 6.07 Å². The molecule has 24 heavy (non-hydrogen) atoms. The van der Waals surface area contributed by atoms with Gasteiger partial charge in [0.05, 0.1) is 17.1 Å². The summed E-state index contributed by atoms with van der Waals surface area (Å²) >= 11 is 0. The third-order valence-electron chi connectivity index (χ3n) is 3.70. The molecule has 1 aromatic rings. The molecule has 0 aromatic heterocycles. The van der Waals surface area contributed by atoms with Crippen molar-refractivity contribution in [2.75, 3.05) is 43.4 Å². The van der Waals surface area contributed by atoms with Crippen molar-refractivity contribution >= 4 is 21.4 Å². The van der Waals surface area contributed by atoms with Gasteiger partial charge in [0, 0.05) is 37.4 Å². The number of alkyl halides is 3. The average molecular weight is 365 g/mol. The lowest BCUT2D eigenvalue weighted by Crippen LogP contribution is -2.43. The maximum Gasteiger partial charge on any atom is 0.416 e. The fourth-order valence-electron chi connectivity index (χ4n) is 2.35. The van der Waals surface area contributed by atoms with E-state index >= 15 is 0 Å². The van der Waals surface area contributed by atoms with E-state index in [2.05, 4.69) is 5.32 Å². The molecule has 0 aliphatic carbocycles. The van der Waals surface area contributed by atoms with Gasteiger partial charge in [-0.05, 0) is 18.2 Å². The lowest BCUT2D eigenvalue weighted by atomic mass is 10.1. The first-order valence-electron chi connectivity index (χ1n) is 7.25. The summed E-state index contributed by atoms with van der Waals surface area (Å²) in [6.07, 6.45) is -4.58. The molecule has 10 heteroatoms. The number of amides is 1. The molecule has 1 fully saturated rings. The summed E-state index contributed by atoms with van der Waals surface area (Å²) in [7, 11) is -2.97. The van der Waals surface area contributed by atoms with E-state index in [4.69, 9.17) is 5.73 Å². The summed E-state index contributed by atoms with van der Waals surface area (Å²) in [5, 5.41) is 2.52. The number of carbonyl (C=O) groups excluding carboxylic acids is 1. The van der Waals surface area contributed by atoms with Crippen molar-refractivity contribution in [2.45, 2.75) is 6.18 Å². The van der Waals surface area contributed by atoms with E-state index in [1.807, 2.05) is 4.90 Å². The molecule has 2 rings (SSSR count). The number of carbonyl (C=O) groups is 1. The average Bonchev–Trinajstić information content (AvgIpc) is 2.47. The van der Waals surface area contributed by atoms with Crippen molar-refractivity contribution in [3.05, 3.63) is 29.3 Å². The van der Waals surface area contributed by atoms with Gasteiger partial charge in [0.15, 0.2) is 9.84 Å². The number of hydrogen-bond donors (Lipinski definition) is 2. The van der Waals surface area contributed by atoms with Crippen LogP contribution in [0.1, 0.15) is 15.9 Å². The Morgan fingerprint density at radius 3 is 2.42 bits per heavy atom. The molecular formula is C14H18F3N3O3S. The number of nitrogens with zero attached hydrogens (tertiary/aromatic N) is 1. The van der Waals surface area contributed by atoms with Crippen LogP contribution in [0.15, 0.2) is 18.2 Å². The lowest BCUT2D eigenvalue weighted by Gasteiger charge is -2.26. The fourth-order valence-corrected chi connectivity index (χ4v) is 3.63. The standard InChI is InChI=1S/C14H18F3N3O3S/c15-14(16,17)11-7-10(8-12(18)9-11)13(21)19-1-2-20-3-5-24(22,23)6-4-20/h7-9H,1-6,18H2,(H,19,21). The number of nitrogens with two attached hydrogens (primary N) is 1. The highest BCUT2D eigenvalue weighted by Crippen LogP contribution is 2.31. The molecule has 1 aliphatic rings. The third kappa shape index (κ3) is 5.10. The molecule has 0 bridgehead atoms. The van der Waals surface area contributed by atoms with Crippen molar-refractivity contribution in [1.29, 1.82) is 0 Å². The molecule has 6 nitrogen and oxygen atoms in total. The van der Waals surface area contributed by atoms with E-state index in [9.17, 15) is 26.4 Å². The molecule has 0 saturated carbocycles. The Kier molecular flexibility index (Phi) is 5.38. The maximum atomic E-state index is 12.7. The van der Waals surface area contributed by atoms with Gasteiger partial charge in [-0.3, -0.25) is 9.69 Å². The van der Waals surface area contributed by atoms with Gasteiger partial charge in [-0.2, -0.15) is 13.2 Å². The minimum absolute atomic E-state index is 0.0745. The number of nitrogen functional groups attached to an aromatic ring is 1. The number of hydrogen-bond acceptors (Lipinski definition) is 5. The van der Waals surface area contributed by atoms with E-state index in [0.29, 0.717) is 19.6 Å². The van der Waals surface area contributed by atoms with Crippen LogP contribution in [0, 0.1) is 0 Å². The molecule has 1 saturated heterocycles. The minimum Gasteiger partial charge on any atom is -0.399 e. The number of halogens is 3. The molecule has 134 valence electrons. The van der Waals surface area contributed by atoms with Crippen LogP contribution in [0.4, 0.5) is 18.9 Å². The Balaban J connectivity index is 1.90. The fraction of sp³-hybridized carbons (Fsp3) is 0.500. The molecule has 1 heterocycles. The molecule has 0 atom stereocenters. The first-order chi connectivity index (χ1) is 11.1. The largest absolute Gasteiger partial charge is 0.416 e. The van der Waals surface area contributed by atoms with Gasteiger partial charge in [0.25, 0.3) is 5.91 Å². The van der Waals surface area contributed by atoms with Crippen LogP contribution in [0.3, 0.4) is 0 Å². The van der Waals surface area contributed by atoms with Crippen molar-refractivity contribution in [1.82, 2.24) is 10.2 Å². The van der Waals surface area contributed by atoms with E-state index in [-0.39, 0.29) is 29.3 Å². The van der Waals surface area contributed by atoms with Crippen molar-refractivity contribution in [2.24, 2.45) is 0 Å². The van der Waals surface area contributed by atoms with Crippen LogP contribution in [0.2, 0.25) is 0 Å². The van der Waals surface area contributed by atoms with Crippen molar-refractivity contribution < 1.29 is 26.4 Å². The zero-order chi connectivity index (χ0) is 18.0. The summed E-state index contributed by atoms with van der Waals surface area (Å²) in [4.78, 5) is 13.8. The summed E-state index contributed by atoms with van der Waals surface area (Å²) in [5.74, 6) is -0.506. The summed E-state index contributed by atoms with van der Waals surface area (Å²) in [6.45, 7) is 1.40. The summed E-state index contributed by atoms with van der Waals surface area (Å²) < 4.78 is 60.8. The first kappa shape index (κ1) is 18.5. The second kappa shape index (κ2) is 6.98. The molecule has 1 aliphatic heterocycles. The highest BCUT2D eigenvalue weighted by molar-refractivity contribution is 7.91.